The van der Waals surface area contributed by atoms with Crippen LogP contribution in [0.1, 0.15) is 0 Å². The van der Waals surface area contributed by atoms with E-state index < -0.39 is 11.6 Å². The highest BCUT2D eigenvalue weighted by molar-refractivity contribution is 7.09. The van der Waals surface area contributed by atoms with E-state index >= 15 is 0 Å². The van der Waals surface area contributed by atoms with Gasteiger partial charge in [0.15, 0.2) is 17.5 Å². The fraction of sp³-hybridized carbons (Fsp3) is 0. The van der Waals surface area contributed by atoms with E-state index in [1.807, 2.05) is 0 Å². The van der Waals surface area contributed by atoms with Crippen LogP contribution < -0.4 is 0 Å². The minimum atomic E-state index is -0.947. The summed E-state index contributed by atoms with van der Waals surface area (Å²) in [6.07, 6.45) is 1.51. The molecule has 0 radical (unpaired) electrons. The normalized spacial score (nSPS) is 11.1. The van der Waals surface area contributed by atoms with Crippen LogP contribution in [0.15, 0.2) is 18.3 Å². The van der Waals surface area contributed by atoms with Crippen LogP contribution in [0, 0.1) is 11.6 Å². The van der Waals surface area contributed by atoms with Crippen LogP contribution in [0.2, 0.25) is 0 Å². The summed E-state index contributed by atoms with van der Waals surface area (Å²) >= 11 is 1.13. The molecule has 0 amide bonds. The number of H-pyrrole nitrogens is 1. The molecule has 0 fully saturated rings. The smallest absolute Gasteiger partial charge is 0.186 e. The number of hydrogen-bond donors (Lipinski definition) is 1. The predicted octanol–water partition coefficient (Wildman–Crippen LogP) is 2.36. The zero-order chi connectivity index (χ0) is 11.1. The van der Waals surface area contributed by atoms with Gasteiger partial charge in [0.25, 0.3) is 0 Å². The average molecular weight is 238 g/mol. The van der Waals surface area contributed by atoms with Gasteiger partial charge in [-0.15, -0.1) is 5.10 Å². The van der Waals surface area contributed by atoms with Gasteiger partial charge >= 0.3 is 0 Å². The van der Waals surface area contributed by atoms with Crippen molar-refractivity contribution >= 4 is 22.6 Å². The summed E-state index contributed by atoms with van der Waals surface area (Å²) in [6.45, 7) is 0. The largest absolute Gasteiger partial charge is 0.337 e. The van der Waals surface area contributed by atoms with Gasteiger partial charge in [0.1, 0.15) is 10.4 Å². The van der Waals surface area contributed by atoms with Gasteiger partial charge in [0, 0.05) is 0 Å². The predicted molar refractivity (Wildman–Crippen MR) is 54.9 cm³/mol. The summed E-state index contributed by atoms with van der Waals surface area (Å²) in [4.78, 5) is 7.53. The van der Waals surface area contributed by atoms with Crippen molar-refractivity contribution in [1.82, 2.24) is 19.6 Å². The minimum absolute atomic E-state index is 0.0107. The quantitative estimate of drug-likeness (QED) is 0.708. The van der Waals surface area contributed by atoms with Crippen LogP contribution >= 0.6 is 11.5 Å². The SMILES string of the molecule is Fc1ccc2[nH]c(-c3cnns3)nc2c1F. The number of nitrogens with zero attached hydrogens (tertiary/aromatic N) is 3. The van der Waals surface area contributed by atoms with Gasteiger partial charge in [-0.2, -0.15) is 0 Å². The van der Waals surface area contributed by atoms with E-state index in [-0.39, 0.29) is 5.52 Å². The lowest BCUT2D eigenvalue weighted by atomic mass is 10.3. The molecule has 2 aromatic heterocycles. The molecule has 0 saturated carbocycles. The van der Waals surface area contributed by atoms with Gasteiger partial charge in [-0.25, -0.2) is 13.8 Å². The molecule has 3 aromatic rings. The molecule has 0 unspecified atom stereocenters. The second-order valence-corrected chi connectivity index (χ2v) is 3.91. The van der Waals surface area contributed by atoms with E-state index in [0.717, 1.165) is 17.6 Å². The Morgan fingerprint density at radius 2 is 2.12 bits per heavy atom. The van der Waals surface area contributed by atoms with Crippen LogP contribution in [0.4, 0.5) is 8.78 Å². The number of imidazole rings is 1. The van der Waals surface area contributed by atoms with Crippen molar-refractivity contribution in [2.45, 2.75) is 0 Å². The summed E-state index contributed by atoms with van der Waals surface area (Å²) in [6, 6.07) is 2.50. The molecule has 0 aliphatic heterocycles. The van der Waals surface area contributed by atoms with E-state index in [0.29, 0.717) is 16.2 Å². The van der Waals surface area contributed by atoms with Crippen molar-refractivity contribution in [1.29, 1.82) is 0 Å². The van der Waals surface area contributed by atoms with E-state index in [2.05, 4.69) is 19.6 Å². The first-order valence-electron chi connectivity index (χ1n) is 4.37. The number of fused-ring (bicyclic) bond motifs is 1. The molecule has 80 valence electrons. The van der Waals surface area contributed by atoms with Crippen LogP contribution in [0.3, 0.4) is 0 Å². The number of halogens is 2. The lowest BCUT2D eigenvalue weighted by Crippen LogP contribution is -1.84. The number of nitrogens with one attached hydrogen (secondary N) is 1. The molecule has 0 saturated heterocycles. The molecule has 0 aliphatic rings. The first-order chi connectivity index (χ1) is 7.75. The van der Waals surface area contributed by atoms with E-state index in [9.17, 15) is 8.78 Å². The number of benzene rings is 1. The summed E-state index contributed by atoms with van der Waals surface area (Å²) in [7, 11) is 0. The fourth-order valence-corrected chi connectivity index (χ4v) is 1.87. The maximum Gasteiger partial charge on any atom is 0.186 e. The molecule has 7 heteroatoms. The maximum atomic E-state index is 13.4. The van der Waals surface area contributed by atoms with Crippen molar-refractivity contribution < 1.29 is 8.78 Å². The van der Waals surface area contributed by atoms with Gasteiger partial charge in [-0.1, -0.05) is 4.49 Å². The molecule has 0 spiro atoms. The molecule has 2 heterocycles. The highest BCUT2D eigenvalue weighted by atomic mass is 32.1. The van der Waals surface area contributed by atoms with Gasteiger partial charge in [0.05, 0.1) is 11.7 Å². The van der Waals surface area contributed by atoms with Crippen molar-refractivity contribution in [3.05, 3.63) is 30.0 Å². The Kier molecular flexibility index (Phi) is 1.93. The third kappa shape index (κ3) is 1.28. The second-order valence-electron chi connectivity index (χ2n) is 3.12. The maximum absolute atomic E-state index is 13.4. The highest BCUT2D eigenvalue weighted by Gasteiger charge is 2.13. The fourth-order valence-electron chi connectivity index (χ4n) is 1.41. The van der Waals surface area contributed by atoms with Crippen molar-refractivity contribution in [3.8, 4) is 10.7 Å². The number of hydrogen-bond acceptors (Lipinski definition) is 4. The molecule has 0 bridgehead atoms. The zero-order valence-corrected chi connectivity index (χ0v) is 8.55. The van der Waals surface area contributed by atoms with Crippen molar-refractivity contribution in [2.24, 2.45) is 0 Å². The molecule has 3 rings (SSSR count). The van der Waals surface area contributed by atoms with Gasteiger partial charge in [0.2, 0.25) is 0 Å². The molecule has 0 atom stereocenters. The third-order valence-corrected chi connectivity index (χ3v) is 2.81. The first-order valence-corrected chi connectivity index (χ1v) is 5.14. The number of aromatic amines is 1. The molecule has 0 aliphatic carbocycles. The Morgan fingerprint density at radius 3 is 2.88 bits per heavy atom. The van der Waals surface area contributed by atoms with Gasteiger partial charge < -0.3 is 4.98 Å². The van der Waals surface area contributed by atoms with E-state index in [1.165, 1.54) is 12.3 Å². The monoisotopic (exact) mass is 238 g/mol. The molecule has 16 heavy (non-hydrogen) atoms. The van der Waals surface area contributed by atoms with Crippen LogP contribution in [-0.2, 0) is 0 Å². The summed E-state index contributed by atoms with van der Waals surface area (Å²) in [5.41, 5.74) is 0.436. The Balaban J connectivity index is 2.28. The van der Waals surface area contributed by atoms with E-state index in [4.69, 9.17) is 0 Å². The standard InChI is InChI=1S/C9H4F2N4S/c10-4-1-2-5-8(7(4)11)14-9(13-5)6-3-12-15-16-6/h1-3H,(H,13,14). The lowest BCUT2D eigenvalue weighted by Gasteiger charge is -1.91. The average Bonchev–Trinajstić information content (AvgIpc) is 2.91. The lowest BCUT2D eigenvalue weighted by molar-refractivity contribution is 0.515. The summed E-state index contributed by atoms with van der Waals surface area (Å²) < 4.78 is 30.0. The molecular formula is C9H4F2N4S. The highest BCUT2D eigenvalue weighted by Crippen LogP contribution is 2.24. The summed E-state index contributed by atoms with van der Waals surface area (Å²) in [5.74, 6) is -1.42. The minimum Gasteiger partial charge on any atom is -0.337 e. The molecular weight excluding hydrogens is 234 g/mol. The second kappa shape index (κ2) is 3.31. The van der Waals surface area contributed by atoms with Gasteiger partial charge in [-0.3, -0.25) is 0 Å². The van der Waals surface area contributed by atoms with Crippen LogP contribution in [0.5, 0.6) is 0 Å². The Morgan fingerprint density at radius 1 is 1.25 bits per heavy atom. The topological polar surface area (TPSA) is 54.5 Å². The molecule has 4 nitrogen and oxygen atoms in total. The first kappa shape index (κ1) is 9.34. The Bertz CT molecular complexity index is 647. The number of aromatic nitrogens is 4. The summed E-state index contributed by atoms with van der Waals surface area (Å²) in [5, 5.41) is 3.65. The Hall–Kier alpha value is -1.89. The molecule has 1 N–H and O–H groups in total. The van der Waals surface area contributed by atoms with Gasteiger partial charge in [-0.05, 0) is 23.7 Å². The molecule has 1 aromatic carbocycles. The zero-order valence-electron chi connectivity index (χ0n) is 7.74. The number of rotatable bonds is 1. The van der Waals surface area contributed by atoms with Crippen molar-refractivity contribution in [3.63, 3.8) is 0 Å². The van der Waals surface area contributed by atoms with Crippen LogP contribution in [0.25, 0.3) is 21.7 Å². The third-order valence-electron chi connectivity index (χ3n) is 2.14. The Labute approximate surface area is 92.1 Å². The van der Waals surface area contributed by atoms with E-state index in [1.54, 1.807) is 0 Å². The van der Waals surface area contributed by atoms with Crippen molar-refractivity contribution in [2.75, 3.05) is 0 Å². The van der Waals surface area contributed by atoms with Crippen LogP contribution in [-0.4, -0.2) is 19.6 Å².